The maximum absolute atomic E-state index is 12.7. The molecule has 0 amide bonds. The molecule has 0 bridgehead atoms. The molecule has 0 N–H and O–H groups in total. The molecule has 1 aromatic carbocycles. The first-order valence-corrected chi connectivity index (χ1v) is 6.71. The third kappa shape index (κ3) is 3.27. The van der Waals surface area contributed by atoms with Gasteiger partial charge in [0.05, 0.1) is 6.57 Å². The molecule has 0 radical (unpaired) electrons. The van der Waals surface area contributed by atoms with Gasteiger partial charge in [-0.25, -0.2) is 4.85 Å². The van der Waals surface area contributed by atoms with Gasteiger partial charge in [-0.15, -0.1) is 0 Å². The maximum Gasteiger partial charge on any atom is 0.419 e. The Hall–Kier alpha value is -2.22. The number of halogens is 3. The number of hydrogen-bond acceptors (Lipinski definition) is 0. The van der Waals surface area contributed by atoms with Crippen molar-refractivity contribution in [2.75, 3.05) is 0 Å². The fourth-order valence-electron chi connectivity index (χ4n) is 2.23. The first-order chi connectivity index (χ1) is 9.97. The highest BCUT2D eigenvalue weighted by Gasteiger charge is 2.35. The second-order valence-corrected chi connectivity index (χ2v) is 4.79. The SMILES string of the molecule is [C-]#[N+]/C(=C\c1cn(CCCC)c2ccccc12)C(F)(F)F. The van der Waals surface area contributed by atoms with E-state index in [1.165, 1.54) is 0 Å². The molecule has 1 heterocycles. The van der Waals surface area contributed by atoms with Gasteiger partial charge in [-0.2, -0.15) is 13.2 Å². The molecule has 5 heteroatoms. The van der Waals surface area contributed by atoms with Crippen LogP contribution in [0.5, 0.6) is 0 Å². The zero-order chi connectivity index (χ0) is 15.5. The van der Waals surface area contributed by atoms with E-state index in [0.717, 1.165) is 36.4 Å². The minimum absolute atomic E-state index is 0.435. The number of rotatable bonds is 4. The number of aryl methyl sites for hydroxylation is 1. The van der Waals surface area contributed by atoms with Crippen LogP contribution in [0.2, 0.25) is 0 Å². The molecule has 0 aliphatic heterocycles. The summed E-state index contributed by atoms with van der Waals surface area (Å²) in [6.45, 7) is 9.54. The van der Waals surface area contributed by atoms with Crippen molar-refractivity contribution in [1.29, 1.82) is 0 Å². The lowest BCUT2D eigenvalue weighted by Crippen LogP contribution is -2.08. The fraction of sp³-hybridized carbons (Fsp3) is 0.312. The van der Waals surface area contributed by atoms with Crippen LogP contribution < -0.4 is 0 Å². The standard InChI is InChI=1S/C16H15F3N2/c1-3-4-9-21-11-12(10-15(20-2)16(17,18)19)13-7-5-6-8-14(13)21/h5-8,10-11H,3-4,9H2,1H3/b15-10-. The molecule has 2 rings (SSSR count). The van der Waals surface area contributed by atoms with E-state index in [4.69, 9.17) is 6.57 Å². The van der Waals surface area contributed by atoms with Crippen LogP contribution in [0.4, 0.5) is 13.2 Å². The van der Waals surface area contributed by atoms with Crippen molar-refractivity contribution < 1.29 is 13.2 Å². The number of benzene rings is 1. The van der Waals surface area contributed by atoms with Crippen LogP contribution in [-0.2, 0) is 6.54 Å². The highest BCUT2D eigenvalue weighted by Crippen LogP contribution is 2.31. The summed E-state index contributed by atoms with van der Waals surface area (Å²) >= 11 is 0. The number of allylic oxidation sites excluding steroid dienone is 1. The molecule has 0 spiro atoms. The average Bonchev–Trinajstić information content (AvgIpc) is 2.79. The fourth-order valence-corrected chi connectivity index (χ4v) is 2.23. The highest BCUT2D eigenvalue weighted by atomic mass is 19.4. The summed E-state index contributed by atoms with van der Waals surface area (Å²) in [6, 6.07) is 7.31. The zero-order valence-corrected chi connectivity index (χ0v) is 11.6. The summed E-state index contributed by atoms with van der Waals surface area (Å²) in [5.74, 6) is 0. The third-order valence-corrected chi connectivity index (χ3v) is 3.28. The van der Waals surface area contributed by atoms with Gasteiger partial charge < -0.3 is 4.57 Å². The lowest BCUT2D eigenvalue weighted by Gasteiger charge is -2.03. The van der Waals surface area contributed by atoms with Gasteiger partial charge in [-0.3, -0.25) is 0 Å². The average molecular weight is 292 g/mol. The molecular formula is C16H15F3N2. The number of aromatic nitrogens is 1. The summed E-state index contributed by atoms with van der Waals surface area (Å²) in [5.41, 5.74) is 0.134. The van der Waals surface area contributed by atoms with Crippen LogP contribution >= 0.6 is 0 Å². The molecule has 2 nitrogen and oxygen atoms in total. The Balaban J connectivity index is 2.55. The summed E-state index contributed by atoms with van der Waals surface area (Å²) in [4.78, 5) is 2.61. The Labute approximate surface area is 121 Å². The van der Waals surface area contributed by atoms with E-state index in [-0.39, 0.29) is 0 Å². The van der Waals surface area contributed by atoms with Gasteiger partial charge in [-0.05, 0) is 24.1 Å². The molecule has 110 valence electrons. The zero-order valence-electron chi connectivity index (χ0n) is 11.6. The molecule has 0 aliphatic carbocycles. The van der Waals surface area contributed by atoms with E-state index in [9.17, 15) is 13.2 Å². The number of unbranched alkanes of at least 4 members (excludes halogenated alkanes) is 1. The number of hydrogen-bond donors (Lipinski definition) is 0. The maximum atomic E-state index is 12.7. The summed E-state index contributed by atoms with van der Waals surface area (Å²) in [5, 5.41) is 0.735. The van der Waals surface area contributed by atoms with Crippen LogP contribution in [-0.4, -0.2) is 10.7 Å². The van der Waals surface area contributed by atoms with Crippen molar-refractivity contribution in [1.82, 2.24) is 4.57 Å². The molecular weight excluding hydrogens is 277 g/mol. The lowest BCUT2D eigenvalue weighted by molar-refractivity contribution is -0.0875. The number of nitrogens with zero attached hydrogens (tertiary/aromatic N) is 2. The predicted octanol–water partition coefficient (Wildman–Crippen LogP) is 5.26. The Morgan fingerprint density at radius 2 is 2.05 bits per heavy atom. The van der Waals surface area contributed by atoms with E-state index < -0.39 is 11.9 Å². The summed E-state index contributed by atoms with van der Waals surface area (Å²) < 4.78 is 40.1. The van der Waals surface area contributed by atoms with Crippen LogP contribution in [0.3, 0.4) is 0 Å². The minimum atomic E-state index is -4.62. The highest BCUT2D eigenvalue weighted by molar-refractivity contribution is 5.90. The molecule has 0 unspecified atom stereocenters. The van der Waals surface area contributed by atoms with Crippen LogP contribution in [0.1, 0.15) is 25.3 Å². The van der Waals surface area contributed by atoms with E-state index in [2.05, 4.69) is 11.8 Å². The summed E-state index contributed by atoms with van der Waals surface area (Å²) in [7, 11) is 0. The van der Waals surface area contributed by atoms with Crippen molar-refractivity contribution in [3.8, 4) is 0 Å². The van der Waals surface area contributed by atoms with Gasteiger partial charge in [0.2, 0.25) is 0 Å². The largest absolute Gasteiger partial charge is 0.419 e. The van der Waals surface area contributed by atoms with Crippen molar-refractivity contribution in [2.45, 2.75) is 32.5 Å². The first kappa shape index (κ1) is 15.2. The van der Waals surface area contributed by atoms with Gasteiger partial charge >= 0.3 is 6.18 Å². The second kappa shape index (κ2) is 6.04. The number of para-hydroxylation sites is 1. The Kier molecular flexibility index (Phi) is 4.37. The second-order valence-electron chi connectivity index (χ2n) is 4.79. The van der Waals surface area contributed by atoms with Gasteiger partial charge in [0.25, 0.3) is 5.70 Å². The van der Waals surface area contributed by atoms with E-state index in [1.54, 1.807) is 18.3 Å². The molecule has 21 heavy (non-hydrogen) atoms. The Morgan fingerprint density at radius 3 is 2.67 bits per heavy atom. The number of alkyl halides is 3. The Morgan fingerprint density at radius 1 is 1.33 bits per heavy atom. The molecule has 0 atom stereocenters. The molecule has 2 aromatic rings. The van der Waals surface area contributed by atoms with Crippen molar-refractivity contribution in [3.63, 3.8) is 0 Å². The molecule has 0 saturated carbocycles. The van der Waals surface area contributed by atoms with E-state index in [1.807, 2.05) is 16.7 Å². The predicted molar refractivity (Wildman–Crippen MR) is 77.5 cm³/mol. The molecule has 0 aliphatic rings. The van der Waals surface area contributed by atoms with E-state index >= 15 is 0 Å². The summed E-state index contributed by atoms with van der Waals surface area (Å²) in [6.07, 6.45) is -0.0340. The smallest absolute Gasteiger partial charge is 0.347 e. The third-order valence-electron chi connectivity index (χ3n) is 3.28. The minimum Gasteiger partial charge on any atom is -0.347 e. The van der Waals surface area contributed by atoms with Crippen LogP contribution in [0.15, 0.2) is 36.2 Å². The molecule has 0 saturated heterocycles. The lowest BCUT2D eigenvalue weighted by atomic mass is 10.1. The van der Waals surface area contributed by atoms with Gasteiger partial charge in [0.15, 0.2) is 0 Å². The van der Waals surface area contributed by atoms with Gasteiger partial charge in [-0.1, -0.05) is 31.5 Å². The van der Waals surface area contributed by atoms with Crippen molar-refractivity contribution >= 4 is 17.0 Å². The number of fused-ring (bicyclic) bond motifs is 1. The normalized spacial score (nSPS) is 12.6. The van der Waals surface area contributed by atoms with Crippen molar-refractivity contribution in [2.24, 2.45) is 0 Å². The topological polar surface area (TPSA) is 9.29 Å². The van der Waals surface area contributed by atoms with Crippen molar-refractivity contribution in [3.05, 3.63) is 53.1 Å². The first-order valence-electron chi connectivity index (χ1n) is 6.71. The van der Waals surface area contributed by atoms with Crippen LogP contribution in [0.25, 0.3) is 21.8 Å². The quantitative estimate of drug-likeness (QED) is 0.680. The van der Waals surface area contributed by atoms with E-state index in [0.29, 0.717) is 5.56 Å². The molecule has 0 fully saturated rings. The van der Waals surface area contributed by atoms with Gasteiger partial charge in [0.1, 0.15) is 0 Å². The molecule has 1 aromatic heterocycles. The Bertz CT molecular complexity index is 702. The van der Waals surface area contributed by atoms with Gasteiger partial charge in [0, 0.05) is 23.6 Å². The van der Waals surface area contributed by atoms with Crippen LogP contribution in [0, 0.1) is 6.57 Å². The monoisotopic (exact) mass is 292 g/mol.